The number of ketones is 1. The number of aliphatic hydroxyl groups is 3. The minimum absolute atomic E-state index is 0.167. The molecule has 0 saturated carbocycles. The third kappa shape index (κ3) is 9.63. The molecule has 3 fully saturated rings. The van der Waals surface area contributed by atoms with Crippen LogP contribution in [0, 0.1) is 36.0 Å². The lowest BCUT2D eigenvalue weighted by Gasteiger charge is -2.47. The SMILES string of the molecule is C#CCCN(C)[C@H]1C[C@@H](C)OC(O[C@@H]2[C@@H](C)C(=O)[C@@H](C)C(=O)O[C@H](CC)[C@@](C)(O)[C@H](O)[C@@H](C)/C(=N/O[C@@H]3CCNC3)[C@H](C)C[C@@]2(C)OC)[C@@H]1O. The molecule has 0 aromatic heterocycles. The van der Waals surface area contributed by atoms with E-state index in [1.54, 1.807) is 20.8 Å². The minimum atomic E-state index is -1.89. The van der Waals surface area contributed by atoms with E-state index in [9.17, 15) is 24.9 Å². The Kier molecular flexibility index (Phi) is 15.3. The van der Waals surface area contributed by atoms with Crippen LogP contribution in [0.1, 0.15) is 87.5 Å². The Morgan fingerprint density at radius 3 is 2.40 bits per heavy atom. The van der Waals surface area contributed by atoms with E-state index >= 15 is 0 Å². The van der Waals surface area contributed by atoms with Crippen molar-refractivity contribution in [3.05, 3.63) is 0 Å². The van der Waals surface area contributed by atoms with Crippen LogP contribution in [0.15, 0.2) is 5.16 Å². The van der Waals surface area contributed by atoms with Gasteiger partial charge in [-0.15, -0.1) is 12.3 Å². The summed E-state index contributed by atoms with van der Waals surface area (Å²) >= 11 is 0. The first-order valence-corrected chi connectivity index (χ1v) is 18.2. The molecular formula is C37H63N3O10. The summed E-state index contributed by atoms with van der Waals surface area (Å²) in [5.41, 5.74) is -2.63. The molecule has 3 saturated heterocycles. The van der Waals surface area contributed by atoms with Gasteiger partial charge in [0.1, 0.15) is 29.8 Å². The molecular weight excluding hydrogens is 646 g/mol. The molecule has 13 heteroatoms. The summed E-state index contributed by atoms with van der Waals surface area (Å²) in [4.78, 5) is 35.7. The second-order valence-electron chi connectivity index (χ2n) is 15.2. The molecule has 0 aromatic rings. The molecule has 0 aromatic carbocycles. The van der Waals surface area contributed by atoms with Crippen LogP contribution >= 0.6 is 0 Å². The van der Waals surface area contributed by atoms with Gasteiger partial charge in [-0.1, -0.05) is 32.9 Å². The van der Waals surface area contributed by atoms with E-state index in [0.29, 0.717) is 31.6 Å². The molecule has 3 rings (SSSR count). The minimum Gasteiger partial charge on any atom is -0.459 e. The maximum Gasteiger partial charge on any atom is 0.316 e. The number of methoxy groups -OCH3 is 1. The normalized spacial score (nSPS) is 43.3. The highest BCUT2D eigenvalue weighted by atomic mass is 16.7. The number of terminal acetylenes is 1. The number of nitrogens with one attached hydrogen (secondary N) is 1. The van der Waals surface area contributed by atoms with Gasteiger partial charge in [-0.05, 0) is 60.5 Å². The average molecular weight is 710 g/mol. The predicted octanol–water partition coefficient (Wildman–Crippen LogP) is 2.28. The van der Waals surface area contributed by atoms with Crippen molar-refractivity contribution < 1.29 is 48.7 Å². The van der Waals surface area contributed by atoms with Crippen molar-refractivity contribution in [1.82, 2.24) is 10.2 Å². The first kappa shape index (κ1) is 42.3. The number of esters is 1. The van der Waals surface area contributed by atoms with Crippen LogP contribution in [0.2, 0.25) is 0 Å². The van der Waals surface area contributed by atoms with Crippen molar-refractivity contribution in [3.8, 4) is 12.3 Å². The van der Waals surface area contributed by atoms with Crippen molar-refractivity contribution in [1.29, 1.82) is 0 Å². The number of ether oxygens (including phenoxy) is 4. The van der Waals surface area contributed by atoms with E-state index in [1.807, 2.05) is 32.7 Å². The fourth-order valence-corrected chi connectivity index (χ4v) is 7.80. The number of hydrogen-bond donors (Lipinski definition) is 4. The second kappa shape index (κ2) is 18.1. The number of likely N-dealkylation sites (N-methyl/N-ethyl adjacent to an activating group) is 1. The van der Waals surface area contributed by atoms with Crippen molar-refractivity contribution >= 4 is 17.5 Å². The summed E-state index contributed by atoms with van der Waals surface area (Å²) in [7, 11) is 3.41. The smallest absolute Gasteiger partial charge is 0.316 e. The number of hydrogen-bond acceptors (Lipinski definition) is 13. The first-order valence-electron chi connectivity index (χ1n) is 18.2. The molecule has 0 bridgehead atoms. The standard InChI is InChI=1S/C37H63N3O10/c1-12-14-17-40(10)27-18-22(4)47-35(31(27)42)49-33-24(6)30(41)25(7)34(44)48-28(13-2)37(9,45)32(43)23(5)29(21(3)19-36(33,8)46-11)39-50-26-15-16-38-20-26/h1,21-28,31-33,35,38,42-43,45H,13-20H2,2-11H3/b39-29+/t21-,22-,23+,24+,25-,26-,27+,28-,31-,32-,33-,35?,36-,37-/m1/s1. The fourth-order valence-electron chi connectivity index (χ4n) is 7.80. The van der Waals surface area contributed by atoms with Gasteiger partial charge >= 0.3 is 5.97 Å². The van der Waals surface area contributed by atoms with Gasteiger partial charge in [-0.3, -0.25) is 14.5 Å². The van der Waals surface area contributed by atoms with Crippen LogP contribution < -0.4 is 5.32 Å². The monoisotopic (exact) mass is 709 g/mol. The molecule has 50 heavy (non-hydrogen) atoms. The van der Waals surface area contributed by atoms with Gasteiger partial charge in [0.25, 0.3) is 0 Å². The zero-order valence-electron chi connectivity index (χ0n) is 31.8. The van der Waals surface area contributed by atoms with E-state index in [4.69, 9.17) is 30.2 Å². The highest BCUT2D eigenvalue weighted by Crippen LogP contribution is 2.38. The maximum absolute atomic E-state index is 14.2. The molecule has 3 aliphatic heterocycles. The summed E-state index contributed by atoms with van der Waals surface area (Å²) in [6.45, 7) is 15.7. The van der Waals surface area contributed by atoms with E-state index < -0.39 is 77.3 Å². The first-order chi connectivity index (χ1) is 23.4. The summed E-state index contributed by atoms with van der Waals surface area (Å²) in [6.07, 6.45) is 1.51. The number of aliphatic hydroxyl groups excluding tert-OH is 2. The van der Waals surface area contributed by atoms with Crippen LogP contribution in [0.5, 0.6) is 0 Å². The van der Waals surface area contributed by atoms with E-state index in [-0.39, 0.29) is 31.1 Å². The van der Waals surface area contributed by atoms with Gasteiger partial charge in [0.15, 0.2) is 12.1 Å². The molecule has 0 spiro atoms. The van der Waals surface area contributed by atoms with E-state index in [1.165, 1.54) is 21.0 Å². The van der Waals surface area contributed by atoms with Crippen molar-refractivity contribution in [2.75, 3.05) is 33.8 Å². The van der Waals surface area contributed by atoms with Gasteiger partial charge in [0.05, 0.1) is 29.6 Å². The predicted molar refractivity (Wildman–Crippen MR) is 188 cm³/mol. The van der Waals surface area contributed by atoms with Gasteiger partial charge < -0.3 is 44.4 Å². The summed E-state index contributed by atoms with van der Waals surface area (Å²) in [5, 5.41) is 42.9. The van der Waals surface area contributed by atoms with Gasteiger partial charge in [0.2, 0.25) is 0 Å². The number of nitrogens with zero attached hydrogens (tertiary/aromatic N) is 2. The molecule has 286 valence electrons. The Morgan fingerprint density at radius 1 is 1.14 bits per heavy atom. The number of oxime groups is 1. The highest BCUT2D eigenvalue weighted by molar-refractivity contribution is 6.00. The molecule has 4 N–H and O–H groups in total. The summed E-state index contributed by atoms with van der Waals surface area (Å²) < 4.78 is 24.8. The molecule has 14 atom stereocenters. The summed E-state index contributed by atoms with van der Waals surface area (Å²) in [6, 6.07) is -0.328. The van der Waals surface area contributed by atoms with Crippen LogP contribution in [0.25, 0.3) is 0 Å². The van der Waals surface area contributed by atoms with Gasteiger partial charge in [-0.25, -0.2) is 0 Å². The molecule has 0 aliphatic carbocycles. The third-order valence-corrected chi connectivity index (χ3v) is 11.2. The Hall–Kier alpha value is -2.15. The lowest BCUT2D eigenvalue weighted by Crippen LogP contribution is -2.60. The average Bonchev–Trinajstić information content (AvgIpc) is 3.61. The van der Waals surface area contributed by atoms with Crippen LogP contribution in [0.4, 0.5) is 0 Å². The molecule has 13 nitrogen and oxygen atoms in total. The largest absolute Gasteiger partial charge is 0.459 e. The Bertz CT molecular complexity index is 1200. The number of rotatable bonds is 9. The van der Waals surface area contributed by atoms with Crippen molar-refractivity contribution in [2.45, 2.75) is 148 Å². The van der Waals surface area contributed by atoms with Crippen molar-refractivity contribution in [2.24, 2.45) is 28.8 Å². The van der Waals surface area contributed by atoms with E-state index in [0.717, 1.165) is 13.0 Å². The second-order valence-corrected chi connectivity index (χ2v) is 15.2. The lowest BCUT2D eigenvalue weighted by molar-refractivity contribution is -0.295. The molecule has 3 heterocycles. The van der Waals surface area contributed by atoms with Gasteiger partial charge in [0, 0.05) is 56.8 Å². The number of carbonyl (C=O) groups is 2. The molecule has 3 aliphatic rings. The van der Waals surface area contributed by atoms with Crippen LogP contribution in [-0.2, 0) is 33.4 Å². The highest BCUT2D eigenvalue weighted by Gasteiger charge is 2.51. The number of Topliss-reactive ketones (excluding diaryl/α,β-unsaturated/α-hetero) is 1. The molecule has 1 unspecified atom stereocenters. The fraction of sp³-hybridized carbons (Fsp3) is 0.865. The zero-order chi connectivity index (χ0) is 37.6. The van der Waals surface area contributed by atoms with Gasteiger partial charge in [-0.2, -0.15) is 0 Å². The lowest BCUT2D eigenvalue weighted by atomic mass is 9.74. The van der Waals surface area contributed by atoms with Crippen LogP contribution in [0.3, 0.4) is 0 Å². The van der Waals surface area contributed by atoms with Crippen molar-refractivity contribution in [3.63, 3.8) is 0 Å². The quantitative estimate of drug-likeness (QED) is 0.120. The molecule has 0 radical (unpaired) electrons. The molecule has 0 amide bonds. The third-order valence-electron chi connectivity index (χ3n) is 11.2. The maximum atomic E-state index is 14.2. The number of carbonyl (C=O) groups excluding carboxylic acids is 2. The van der Waals surface area contributed by atoms with Crippen LogP contribution in [-0.4, -0.2) is 132 Å². The number of cyclic esters (lactones) is 1. The van der Waals surface area contributed by atoms with E-state index in [2.05, 4.69) is 16.4 Å². The summed E-state index contributed by atoms with van der Waals surface area (Å²) in [5.74, 6) is -2.00. The Morgan fingerprint density at radius 2 is 1.82 bits per heavy atom. The topological polar surface area (TPSA) is 169 Å². The Balaban J connectivity index is 2.12. The zero-order valence-corrected chi connectivity index (χ0v) is 31.8. The Labute approximate surface area is 298 Å².